The minimum Gasteiger partial charge on any atom is -0.228 e. The van der Waals surface area contributed by atoms with E-state index in [1.165, 1.54) is 44.5 Å². The van der Waals surface area contributed by atoms with Crippen LogP contribution in [0.1, 0.15) is 27.8 Å². The molecule has 11 rings (SSSR count). The van der Waals surface area contributed by atoms with Gasteiger partial charge in [0.25, 0.3) is 0 Å². The quantitative estimate of drug-likeness (QED) is 0.178. The topological polar surface area (TPSA) is 49.6 Å². The summed E-state index contributed by atoms with van der Waals surface area (Å²) >= 11 is 0. The van der Waals surface area contributed by atoms with Gasteiger partial charge in [0.05, 0.1) is 28.4 Å². The highest BCUT2D eigenvalue weighted by molar-refractivity contribution is 5.99. The van der Waals surface area contributed by atoms with Crippen LogP contribution in [-0.4, -0.2) is 9.97 Å². The number of hydrogen-bond donors (Lipinski definition) is 0. The smallest absolute Gasteiger partial charge is 0.160 e. The van der Waals surface area contributed by atoms with Crippen LogP contribution in [0.5, 0.6) is 0 Å². The van der Waals surface area contributed by atoms with E-state index in [9.17, 15) is 5.26 Å². The van der Waals surface area contributed by atoms with Crippen molar-refractivity contribution in [3.05, 3.63) is 228 Å². The Bertz CT molecular complexity index is 2950. The molecule has 0 radical (unpaired) electrons. The maximum Gasteiger partial charge on any atom is 0.160 e. The van der Waals surface area contributed by atoms with Crippen LogP contribution >= 0.6 is 0 Å². The van der Waals surface area contributed by atoms with Gasteiger partial charge in [-0.2, -0.15) is 5.26 Å². The Morgan fingerprint density at radius 3 is 1.30 bits per heavy atom. The fourth-order valence-electron chi connectivity index (χ4n) is 9.23. The summed E-state index contributed by atoms with van der Waals surface area (Å²) in [5.41, 5.74) is 19.7. The summed E-state index contributed by atoms with van der Waals surface area (Å²) in [7, 11) is 0. The Balaban J connectivity index is 1.12. The maximum atomic E-state index is 9.67. The minimum absolute atomic E-state index is 0.459. The van der Waals surface area contributed by atoms with Crippen LogP contribution < -0.4 is 0 Å². The minimum atomic E-state index is -0.459. The molecular formula is C54H33N3. The van der Waals surface area contributed by atoms with Crippen molar-refractivity contribution in [3.63, 3.8) is 0 Å². The molecule has 2 aliphatic rings. The van der Waals surface area contributed by atoms with Gasteiger partial charge in [-0.05, 0) is 97.1 Å². The zero-order valence-corrected chi connectivity index (χ0v) is 30.9. The van der Waals surface area contributed by atoms with Gasteiger partial charge in [0.1, 0.15) is 0 Å². The number of benzene rings is 8. The predicted octanol–water partition coefficient (Wildman–Crippen LogP) is 13.0. The number of fused-ring (bicyclic) bond motifs is 10. The molecule has 57 heavy (non-hydrogen) atoms. The third kappa shape index (κ3) is 5.05. The molecule has 1 aromatic heterocycles. The molecule has 0 saturated heterocycles. The lowest BCUT2D eigenvalue weighted by Gasteiger charge is -2.31. The molecule has 0 amide bonds. The standard InChI is InChI=1S/C54H33N3/c55-34-35-23-25-36(26-24-35)44-31-46-43-19-9-12-22-49(43)54(47-20-10-7-17-41(47)42-18-8-11-21-48(42)54)50(46)32-45(44)37-27-29-39(30-28-37)52-33-51(38-13-3-1-4-14-38)56-53(57-52)40-15-5-2-6-16-40/h1-33H. The SMILES string of the molecule is N#Cc1ccc(-c2cc3c(cc2-c2ccc(-c4cc(-c5ccccc5)nc(-c5ccccc5)n4)cc2)C2(c4ccccc4-c4ccccc42)c2ccccc2-3)cc1. The molecule has 0 N–H and O–H groups in total. The first-order valence-corrected chi connectivity index (χ1v) is 19.3. The van der Waals surface area contributed by atoms with Crippen LogP contribution in [0.2, 0.25) is 0 Å². The Kier molecular flexibility index (Phi) is 7.45. The van der Waals surface area contributed by atoms with E-state index in [0.29, 0.717) is 11.4 Å². The Hall–Kier alpha value is -7.67. The number of nitriles is 1. The van der Waals surface area contributed by atoms with Crippen LogP contribution in [0, 0.1) is 11.3 Å². The molecule has 1 spiro atoms. The van der Waals surface area contributed by atoms with Crippen molar-refractivity contribution in [3.8, 4) is 84.5 Å². The Labute approximate surface area is 331 Å². The molecule has 0 atom stereocenters. The molecular weight excluding hydrogens is 691 g/mol. The third-order valence-electron chi connectivity index (χ3n) is 11.8. The average Bonchev–Trinajstić information content (AvgIpc) is 3.76. The second kappa shape index (κ2) is 13.0. The molecule has 264 valence electrons. The van der Waals surface area contributed by atoms with Crippen molar-refractivity contribution in [1.82, 2.24) is 9.97 Å². The highest BCUT2D eigenvalue weighted by Gasteiger charge is 2.51. The summed E-state index contributed by atoms with van der Waals surface area (Å²) in [6.07, 6.45) is 0. The normalized spacial score (nSPS) is 12.7. The van der Waals surface area contributed by atoms with Crippen molar-refractivity contribution in [2.45, 2.75) is 5.41 Å². The van der Waals surface area contributed by atoms with E-state index in [1.807, 2.05) is 48.5 Å². The van der Waals surface area contributed by atoms with Crippen LogP contribution in [0.15, 0.2) is 200 Å². The van der Waals surface area contributed by atoms with Gasteiger partial charge in [0, 0.05) is 16.7 Å². The number of rotatable bonds is 5. The highest BCUT2D eigenvalue weighted by atomic mass is 14.9. The summed E-state index contributed by atoms with van der Waals surface area (Å²) < 4.78 is 0. The zero-order chi connectivity index (χ0) is 37.9. The van der Waals surface area contributed by atoms with Crippen LogP contribution in [0.3, 0.4) is 0 Å². The van der Waals surface area contributed by atoms with Gasteiger partial charge in [-0.25, -0.2) is 9.97 Å². The lowest BCUT2D eigenvalue weighted by Crippen LogP contribution is -2.25. The molecule has 1 heterocycles. The van der Waals surface area contributed by atoms with Crippen molar-refractivity contribution in [2.75, 3.05) is 0 Å². The molecule has 0 bridgehead atoms. The lowest BCUT2D eigenvalue weighted by molar-refractivity contribution is 0.794. The summed E-state index contributed by atoms with van der Waals surface area (Å²) in [5.74, 6) is 0.694. The van der Waals surface area contributed by atoms with E-state index in [0.717, 1.165) is 50.3 Å². The first kappa shape index (κ1) is 32.7. The van der Waals surface area contributed by atoms with E-state index in [4.69, 9.17) is 9.97 Å². The fraction of sp³-hybridized carbons (Fsp3) is 0.0185. The van der Waals surface area contributed by atoms with E-state index >= 15 is 0 Å². The monoisotopic (exact) mass is 723 g/mol. The van der Waals surface area contributed by atoms with E-state index in [1.54, 1.807) is 0 Å². The average molecular weight is 724 g/mol. The van der Waals surface area contributed by atoms with E-state index in [2.05, 4.69) is 158 Å². The predicted molar refractivity (Wildman–Crippen MR) is 230 cm³/mol. The van der Waals surface area contributed by atoms with Crippen molar-refractivity contribution >= 4 is 0 Å². The van der Waals surface area contributed by atoms with Crippen LogP contribution in [-0.2, 0) is 5.41 Å². The van der Waals surface area contributed by atoms with Gasteiger partial charge in [0.2, 0.25) is 0 Å². The Morgan fingerprint density at radius 1 is 0.333 bits per heavy atom. The van der Waals surface area contributed by atoms with Gasteiger partial charge in [0.15, 0.2) is 5.82 Å². The van der Waals surface area contributed by atoms with Crippen molar-refractivity contribution < 1.29 is 0 Å². The van der Waals surface area contributed by atoms with Gasteiger partial charge >= 0.3 is 0 Å². The van der Waals surface area contributed by atoms with E-state index in [-0.39, 0.29) is 0 Å². The van der Waals surface area contributed by atoms with Gasteiger partial charge in [-0.1, -0.05) is 170 Å². The zero-order valence-electron chi connectivity index (χ0n) is 30.9. The highest BCUT2D eigenvalue weighted by Crippen LogP contribution is 2.63. The van der Waals surface area contributed by atoms with E-state index < -0.39 is 5.41 Å². The van der Waals surface area contributed by atoms with Crippen molar-refractivity contribution in [1.29, 1.82) is 5.26 Å². The summed E-state index contributed by atoms with van der Waals surface area (Å²) in [4.78, 5) is 10.1. The number of aromatic nitrogens is 2. The first-order chi connectivity index (χ1) is 28.2. The second-order valence-corrected chi connectivity index (χ2v) is 14.8. The fourth-order valence-corrected chi connectivity index (χ4v) is 9.23. The molecule has 2 aliphatic carbocycles. The van der Waals surface area contributed by atoms with Crippen LogP contribution in [0.4, 0.5) is 0 Å². The summed E-state index contributed by atoms with van der Waals surface area (Å²) in [6.45, 7) is 0. The second-order valence-electron chi connectivity index (χ2n) is 14.8. The third-order valence-corrected chi connectivity index (χ3v) is 11.8. The van der Waals surface area contributed by atoms with Gasteiger partial charge in [-0.15, -0.1) is 0 Å². The molecule has 3 nitrogen and oxygen atoms in total. The van der Waals surface area contributed by atoms with Gasteiger partial charge < -0.3 is 0 Å². The lowest BCUT2D eigenvalue weighted by atomic mass is 9.70. The number of nitrogens with zero attached hydrogens (tertiary/aromatic N) is 3. The van der Waals surface area contributed by atoms with Crippen molar-refractivity contribution in [2.24, 2.45) is 0 Å². The molecule has 3 heteroatoms. The largest absolute Gasteiger partial charge is 0.228 e. The Morgan fingerprint density at radius 2 is 0.754 bits per heavy atom. The molecule has 0 unspecified atom stereocenters. The summed E-state index contributed by atoms with van der Waals surface area (Å²) in [6, 6.07) is 73.3. The molecule has 0 saturated carbocycles. The first-order valence-electron chi connectivity index (χ1n) is 19.3. The van der Waals surface area contributed by atoms with Crippen LogP contribution in [0.25, 0.3) is 78.4 Å². The molecule has 0 fully saturated rings. The summed E-state index contributed by atoms with van der Waals surface area (Å²) in [5, 5.41) is 9.67. The van der Waals surface area contributed by atoms with Gasteiger partial charge in [-0.3, -0.25) is 0 Å². The molecule has 9 aromatic rings. The molecule has 8 aromatic carbocycles. The number of hydrogen-bond acceptors (Lipinski definition) is 3. The molecule has 0 aliphatic heterocycles. The maximum absolute atomic E-state index is 9.67.